The molecule has 43 heavy (non-hydrogen) atoms. The number of non-ortho nitro benzene ring substituents is 1. The molecule has 226 valence electrons. The Kier molecular flexibility index (Phi) is 8.85. The summed E-state index contributed by atoms with van der Waals surface area (Å²) < 4.78 is 47.1. The van der Waals surface area contributed by atoms with Crippen molar-refractivity contribution in [3.8, 4) is 5.75 Å². The highest BCUT2D eigenvalue weighted by Gasteiger charge is 2.36. The van der Waals surface area contributed by atoms with Gasteiger partial charge in [0.05, 0.1) is 29.2 Å². The molecule has 3 aromatic carbocycles. The van der Waals surface area contributed by atoms with Gasteiger partial charge in [-0.2, -0.15) is 13.2 Å². The predicted octanol–water partition coefficient (Wildman–Crippen LogP) is 6.98. The molecular weight excluding hydrogens is 578 g/mol. The van der Waals surface area contributed by atoms with Gasteiger partial charge >= 0.3 is 6.18 Å². The summed E-state index contributed by atoms with van der Waals surface area (Å²) in [6, 6.07) is 15.4. The highest BCUT2D eigenvalue weighted by Crippen LogP contribution is 2.43. The number of ether oxygens (including phenoxy) is 1. The molecule has 8 nitrogen and oxygen atoms in total. The molecule has 0 saturated carbocycles. The van der Waals surface area contributed by atoms with Gasteiger partial charge in [0.15, 0.2) is 0 Å². The van der Waals surface area contributed by atoms with Crippen LogP contribution < -0.4 is 15.4 Å². The van der Waals surface area contributed by atoms with Gasteiger partial charge in [-0.3, -0.25) is 15.0 Å². The first-order valence-corrected chi connectivity index (χ1v) is 15.7. The SMILES string of the molecule is COc1cc2nc(C)nc(N[C@H](C)c3cc([N+](=O)[O-])cc(C(F)(F)F)c3C)c2cc1P1CCN(Cc2ccccc2)CC1. The fourth-order valence-corrected chi connectivity index (χ4v) is 8.16. The molecule has 4 aromatic rings. The lowest BCUT2D eigenvalue weighted by Crippen LogP contribution is -2.35. The van der Waals surface area contributed by atoms with Crippen LogP contribution in [0.3, 0.4) is 0 Å². The Bertz CT molecular complexity index is 1640. The first kappa shape index (κ1) is 30.6. The average molecular weight is 612 g/mol. The normalized spacial score (nSPS) is 15.4. The van der Waals surface area contributed by atoms with E-state index in [1.54, 1.807) is 21.0 Å². The van der Waals surface area contributed by atoms with E-state index in [2.05, 4.69) is 44.5 Å². The molecule has 1 aromatic heterocycles. The number of nitrogens with one attached hydrogen (secondary N) is 1. The van der Waals surface area contributed by atoms with Crippen LogP contribution in [0.4, 0.5) is 24.7 Å². The Morgan fingerprint density at radius 2 is 1.79 bits per heavy atom. The number of anilines is 1. The lowest BCUT2D eigenvalue weighted by atomic mass is 9.96. The van der Waals surface area contributed by atoms with Gasteiger partial charge in [-0.15, -0.1) is 0 Å². The van der Waals surface area contributed by atoms with Gasteiger partial charge < -0.3 is 10.1 Å². The molecule has 1 atom stereocenters. The number of nitro benzene ring substituents is 1. The summed E-state index contributed by atoms with van der Waals surface area (Å²) in [5.41, 5.74) is 0.403. The summed E-state index contributed by atoms with van der Waals surface area (Å²) >= 11 is 0. The lowest BCUT2D eigenvalue weighted by molar-refractivity contribution is -0.385. The summed E-state index contributed by atoms with van der Waals surface area (Å²) in [7, 11) is 1.11. The quantitative estimate of drug-likeness (QED) is 0.131. The van der Waals surface area contributed by atoms with Crippen LogP contribution in [0.25, 0.3) is 10.9 Å². The maximum Gasteiger partial charge on any atom is 0.416 e. The molecule has 1 fully saturated rings. The van der Waals surface area contributed by atoms with Crippen molar-refractivity contribution in [2.45, 2.75) is 39.5 Å². The third-order valence-electron chi connectivity index (χ3n) is 7.84. The number of benzene rings is 3. The van der Waals surface area contributed by atoms with Gasteiger partial charge in [-0.1, -0.05) is 38.3 Å². The zero-order valence-corrected chi connectivity index (χ0v) is 25.3. The van der Waals surface area contributed by atoms with Crippen molar-refractivity contribution in [3.63, 3.8) is 0 Å². The first-order chi connectivity index (χ1) is 20.4. The van der Waals surface area contributed by atoms with Crippen molar-refractivity contribution < 1.29 is 22.8 Å². The summed E-state index contributed by atoms with van der Waals surface area (Å²) in [4.78, 5) is 22.3. The Morgan fingerprint density at radius 3 is 2.42 bits per heavy atom. The number of fused-ring (bicyclic) bond motifs is 1. The number of nitrogens with zero attached hydrogens (tertiary/aromatic N) is 4. The van der Waals surface area contributed by atoms with Gasteiger partial charge in [-0.05, 0) is 55.9 Å². The first-order valence-electron chi connectivity index (χ1n) is 13.9. The van der Waals surface area contributed by atoms with Crippen LogP contribution in [0.5, 0.6) is 5.75 Å². The van der Waals surface area contributed by atoms with Gasteiger partial charge in [0, 0.05) is 48.5 Å². The van der Waals surface area contributed by atoms with Crippen molar-refractivity contribution in [1.82, 2.24) is 14.9 Å². The summed E-state index contributed by atoms with van der Waals surface area (Å²) in [6.45, 7) is 7.57. The van der Waals surface area contributed by atoms with Crippen molar-refractivity contribution in [2.75, 3.05) is 37.8 Å². The second kappa shape index (κ2) is 12.4. The largest absolute Gasteiger partial charge is 0.496 e. The molecule has 0 amide bonds. The topological polar surface area (TPSA) is 93.4 Å². The minimum absolute atomic E-state index is 0.0683. The smallest absolute Gasteiger partial charge is 0.416 e. The zero-order valence-electron chi connectivity index (χ0n) is 24.4. The standard InChI is InChI=1S/C31H33F3N5O3P/c1-19-24(14-23(39(40)41)15-26(19)31(32,33)34)20(2)35-30-25-16-29(28(42-4)17-27(25)36-21(3)37-30)43-12-10-38(11-13-43)18-22-8-6-5-7-9-22/h5-9,14-17,20H,10-13,18H2,1-4H3,(H,35,36,37)/t20-/m1/s1. The molecule has 0 spiro atoms. The summed E-state index contributed by atoms with van der Waals surface area (Å²) in [5, 5.41) is 16.6. The molecule has 0 radical (unpaired) electrons. The minimum Gasteiger partial charge on any atom is -0.496 e. The minimum atomic E-state index is -4.73. The Labute approximate surface area is 249 Å². The molecule has 1 aliphatic rings. The number of rotatable bonds is 8. The van der Waals surface area contributed by atoms with E-state index < -0.39 is 36.3 Å². The van der Waals surface area contributed by atoms with E-state index in [-0.39, 0.29) is 11.1 Å². The van der Waals surface area contributed by atoms with Crippen LogP contribution >= 0.6 is 7.92 Å². The molecule has 0 aliphatic carbocycles. The highest BCUT2D eigenvalue weighted by molar-refractivity contribution is 7.66. The predicted molar refractivity (Wildman–Crippen MR) is 164 cm³/mol. The van der Waals surface area contributed by atoms with Crippen molar-refractivity contribution >= 4 is 35.6 Å². The van der Waals surface area contributed by atoms with E-state index in [9.17, 15) is 23.3 Å². The van der Waals surface area contributed by atoms with Gasteiger partial charge in [0.1, 0.15) is 17.4 Å². The molecule has 5 rings (SSSR count). The van der Waals surface area contributed by atoms with Crippen LogP contribution in [0, 0.1) is 24.0 Å². The third kappa shape index (κ3) is 6.73. The van der Waals surface area contributed by atoms with Crippen LogP contribution in [0.2, 0.25) is 0 Å². The zero-order chi connectivity index (χ0) is 30.9. The number of methoxy groups -OCH3 is 1. The molecule has 12 heteroatoms. The molecule has 1 saturated heterocycles. The Hall–Kier alpha value is -3.82. The lowest BCUT2D eigenvalue weighted by Gasteiger charge is -2.33. The average Bonchev–Trinajstić information content (AvgIpc) is 2.96. The van der Waals surface area contributed by atoms with Crippen LogP contribution in [-0.4, -0.2) is 52.3 Å². The third-order valence-corrected chi connectivity index (χ3v) is 10.3. The van der Waals surface area contributed by atoms with Crippen molar-refractivity contribution in [1.29, 1.82) is 0 Å². The Balaban J connectivity index is 1.46. The van der Waals surface area contributed by atoms with Crippen LogP contribution in [0.1, 0.15) is 41.0 Å². The van der Waals surface area contributed by atoms with E-state index >= 15 is 0 Å². The number of aromatic nitrogens is 2. The number of alkyl halides is 3. The second-order valence-corrected chi connectivity index (χ2v) is 13.2. The molecule has 1 N–H and O–H groups in total. The maximum absolute atomic E-state index is 13.8. The Morgan fingerprint density at radius 1 is 1.09 bits per heavy atom. The van der Waals surface area contributed by atoms with Gasteiger partial charge in [0.2, 0.25) is 0 Å². The number of halogens is 3. The fourth-order valence-electron chi connectivity index (χ4n) is 5.62. The van der Waals surface area contributed by atoms with Gasteiger partial charge in [-0.25, -0.2) is 9.97 Å². The van der Waals surface area contributed by atoms with Crippen molar-refractivity contribution in [2.24, 2.45) is 0 Å². The number of hydrogen-bond donors (Lipinski definition) is 1. The van der Waals surface area contributed by atoms with E-state index in [1.165, 1.54) is 18.6 Å². The number of nitro groups is 1. The van der Waals surface area contributed by atoms with E-state index in [4.69, 9.17) is 4.74 Å². The van der Waals surface area contributed by atoms with Crippen LogP contribution in [0.15, 0.2) is 54.6 Å². The molecule has 1 aliphatic heterocycles. The van der Waals surface area contributed by atoms with E-state index in [0.717, 1.165) is 48.4 Å². The van der Waals surface area contributed by atoms with Crippen LogP contribution in [-0.2, 0) is 12.7 Å². The summed E-state index contributed by atoms with van der Waals surface area (Å²) in [5.74, 6) is 1.69. The molecule has 0 bridgehead atoms. The fraction of sp³-hybridized carbons (Fsp3) is 0.355. The van der Waals surface area contributed by atoms with E-state index in [1.807, 2.05) is 18.2 Å². The molecule has 0 unspecified atom stereocenters. The highest BCUT2D eigenvalue weighted by atomic mass is 31.1. The van der Waals surface area contributed by atoms with Crippen molar-refractivity contribution in [3.05, 3.63) is 92.8 Å². The number of hydrogen-bond acceptors (Lipinski definition) is 7. The monoisotopic (exact) mass is 611 g/mol. The van der Waals surface area contributed by atoms with Gasteiger partial charge in [0.25, 0.3) is 5.69 Å². The summed E-state index contributed by atoms with van der Waals surface area (Å²) in [6.07, 6.45) is -2.72. The molecular formula is C31H33F3N5O3P. The molecule has 2 heterocycles. The maximum atomic E-state index is 13.8. The van der Waals surface area contributed by atoms with E-state index in [0.29, 0.717) is 23.2 Å². The second-order valence-electron chi connectivity index (χ2n) is 10.7. The number of aryl methyl sites for hydroxylation is 1.